The van der Waals surface area contributed by atoms with Gasteiger partial charge in [-0.1, -0.05) is 36.0 Å². The lowest BCUT2D eigenvalue weighted by molar-refractivity contribution is -0.119. The minimum absolute atomic E-state index is 0.150. The Bertz CT molecular complexity index is 1050. The van der Waals surface area contributed by atoms with Crippen LogP contribution >= 0.6 is 34.4 Å². The molecule has 1 atom stereocenters. The van der Waals surface area contributed by atoms with Crippen molar-refractivity contribution in [2.75, 3.05) is 5.75 Å². The molecule has 0 aliphatic rings. The van der Waals surface area contributed by atoms with Gasteiger partial charge in [-0.15, -0.1) is 27.8 Å². The monoisotopic (exact) mass is 445 g/mol. The Morgan fingerprint density at radius 2 is 1.93 bits per heavy atom. The smallest absolute Gasteiger partial charge is 0.231 e. The summed E-state index contributed by atoms with van der Waals surface area (Å²) >= 11 is 4.45. The van der Waals surface area contributed by atoms with E-state index in [1.54, 1.807) is 39.5 Å². The van der Waals surface area contributed by atoms with Gasteiger partial charge in [-0.2, -0.15) is 0 Å². The Hall–Kier alpha value is -2.56. The quantitative estimate of drug-likeness (QED) is 0.415. The molecule has 3 heterocycles. The van der Waals surface area contributed by atoms with Crippen LogP contribution in [0.4, 0.5) is 4.39 Å². The molecule has 3 aromatic heterocycles. The van der Waals surface area contributed by atoms with Crippen LogP contribution in [0.3, 0.4) is 0 Å². The molecule has 0 radical (unpaired) electrons. The minimum Gasteiger partial charge on any atom is -0.344 e. The van der Waals surface area contributed by atoms with Crippen LogP contribution in [-0.4, -0.2) is 31.9 Å². The number of carbonyl (C=O) groups is 1. The summed E-state index contributed by atoms with van der Waals surface area (Å²) in [5.41, 5.74) is 0.828. The van der Waals surface area contributed by atoms with E-state index in [1.807, 2.05) is 35.0 Å². The van der Waals surface area contributed by atoms with Gasteiger partial charge in [-0.3, -0.25) is 4.79 Å². The molecule has 148 valence electrons. The molecule has 6 nitrogen and oxygen atoms in total. The van der Waals surface area contributed by atoms with Crippen LogP contribution in [0.5, 0.6) is 0 Å². The Morgan fingerprint density at radius 1 is 1.14 bits per heavy atom. The molecule has 0 unspecified atom stereocenters. The number of carbonyl (C=O) groups excluding carboxylic acids is 1. The normalized spacial score (nSPS) is 12.0. The van der Waals surface area contributed by atoms with Crippen molar-refractivity contribution in [1.29, 1.82) is 0 Å². The SMILES string of the molecule is O=C(CSc1nnnn1Cc1cccs1)N[C@H](c1ccc(F)cc1)c1cccs1. The lowest BCUT2D eigenvalue weighted by Gasteiger charge is -2.18. The topological polar surface area (TPSA) is 72.7 Å². The summed E-state index contributed by atoms with van der Waals surface area (Å²) in [7, 11) is 0. The zero-order valence-electron chi connectivity index (χ0n) is 15.1. The summed E-state index contributed by atoms with van der Waals surface area (Å²) in [5.74, 6) is -0.282. The number of nitrogens with zero attached hydrogens (tertiary/aromatic N) is 4. The maximum absolute atomic E-state index is 13.3. The number of thioether (sulfide) groups is 1. The van der Waals surface area contributed by atoms with Gasteiger partial charge in [-0.25, -0.2) is 9.07 Å². The van der Waals surface area contributed by atoms with E-state index in [2.05, 4.69) is 20.8 Å². The Labute approximate surface area is 178 Å². The molecule has 0 saturated heterocycles. The van der Waals surface area contributed by atoms with Crippen LogP contribution in [0.25, 0.3) is 0 Å². The fraction of sp³-hybridized carbons (Fsp3) is 0.158. The number of halogens is 1. The van der Waals surface area contributed by atoms with E-state index in [1.165, 1.54) is 23.9 Å². The molecule has 1 amide bonds. The lowest BCUT2D eigenvalue weighted by Crippen LogP contribution is -2.30. The summed E-state index contributed by atoms with van der Waals surface area (Å²) in [6.07, 6.45) is 0. The van der Waals surface area contributed by atoms with Gasteiger partial charge in [0.2, 0.25) is 11.1 Å². The number of rotatable bonds is 8. The van der Waals surface area contributed by atoms with Crippen molar-refractivity contribution in [3.8, 4) is 0 Å². The lowest BCUT2D eigenvalue weighted by atomic mass is 10.1. The van der Waals surface area contributed by atoms with Crippen LogP contribution in [-0.2, 0) is 11.3 Å². The molecule has 1 aromatic carbocycles. The molecule has 4 aromatic rings. The summed E-state index contributed by atoms with van der Waals surface area (Å²) in [5, 5.41) is 19.3. The van der Waals surface area contributed by atoms with E-state index in [-0.39, 0.29) is 23.5 Å². The van der Waals surface area contributed by atoms with Crippen molar-refractivity contribution in [3.05, 3.63) is 80.4 Å². The maximum Gasteiger partial charge on any atom is 0.231 e. The Kier molecular flexibility index (Phi) is 6.33. The molecular formula is C19H16FN5OS3. The highest BCUT2D eigenvalue weighted by Gasteiger charge is 2.19. The third-order valence-corrected chi connectivity index (χ3v) is 6.81. The molecule has 29 heavy (non-hydrogen) atoms. The molecule has 1 N–H and O–H groups in total. The summed E-state index contributed by atoms with van der Waals surface area (Å²) < 4.78 is 15.0. The van der Waals surface area contributed by atoms with Crippen molar-refractivity contribution < 1.29 is 9.18 Å². The first kappa shape index (κ1) is 19.7. The zero-order valence-corrected chi connectivity index (χ0v) is 17.5. The Morgan fingerprint density at radius 3 is 2.66 bits per heavy atom. The van der Waals surface area contributed by atoms with Crippen molar-refractivity contribution in [1.82, 2.24) is 25.5 Å². The van der Waals surface area contributed by atoms with Gasteiger partial charge in [0.15, 0.2) is 0 Å². The highest BCUT2D eigenvalue weighted by molar-refractivity contribution is 7.99. The second-order valence-corrected chi connectivity index (χ2v) is 9.01. The fourth-order valence-corrected chi connectivity index (χ4v) is 4.89. The van der Waals surface area contributed by atoms with Crippen LogP contribution in [0.2, 0.25) is 0 Å². The van der Waals surface area contributed by atoms with E-state index in [9.17, 15) is 9.18 Å². The molecule has 0 saturated carbocycles. The zero-order chi connectivity index (χ0) is 20.1. The number of thiophene rings is 2. The van der Waals surface area contributed by atoms with Crippen LogP contribution < -0.4 is 5.32 Å². The number of tetrazole rings is 1. The van der Waals surface area contributed by atoms with Gasteiger partial charge in [0.25, 0.3) is 0 Å². The van der Waals surface area contributed by atoms with Crippen LogP contribution in [0.15, 0.2) is 64.4 Å². The molecule has 0 fully saturated rings. The predicted octanol–water partition coefficient (Wildman–Crippen LogP) is 3.98. The van der Waals surface area contributed by atoms with Crippen molar-refractivity contribution >= 4 is 40.3 Å². The first-order valence-corrected chi connectivity index (χ1v) is 11.4. The number of amides is 1. The molecule has 4 rings (SSSR count). The van der Waals surface area contributed by atoms with Gasteiger partial charge < -0.3 is 5.32 Å². The average Bonchev–Trinajstić information content (AvgIpc) is 3.49. The predicted molar refractivity (Wildman–Crippen MR) is 113 cm³/mol. The second-order valence-electron chi connectivity index (χ2n) is 6.05. The number of benzene rings is 1. The first-order chi connectivity index (χ1) is 14.2. The highest BCUT2D eigenvalue weighted by Crippen LogP contribution is 2.27. The maximum atomic E-state index is 13.3. The molecule has 0 aliphatic carbocycles. The van der Waals surface area contributed by atoms with Crippen molar-refractivity contribution in [2.24, 2.45) is 0 Å². The van der Waals surface area contributed by atoms with Gasteiger partial charge in [0.1, 0.15) is 5.82 Å². The number of hydrogen-bond donors (Lipinski definition) is 1. The standard InChI is InChI=1S/C19H16FN5OS3/c20-14-7-5-13(6-8-14)18(16-4-2-10-28-16)21-17(26)12-29-19-22-23-24-25(19)11-15-3-1-9-27-15/h1-10,18H,11-12H2,(H,21,26)/t18-/m1/s1. The largest absolute Gasteiger partial charge is 0.344 e. The third-order valence-electron chi connectivity index (χ3n) is 4.05. The van der Waals surface area contributed by atoms with Gasteiger partial charge >= 0.3 is 0 Å². The summed E-state index contributed by atoms with van der Waals surface area (Å²) in [6, 6.07) is 13.7. The number of hydrogen-bond acceptors (Lipinski definition) is 7. The van der Waals surface area contributed by atoms with E-state index in [4.69, 9.17) is 0 Å². The van der Waals surface area contributed by atoms with E-state index >= 15 is 0 Å². The summed E-state index contributed by atoms with van der Waals surface area (Å²) in [4.78, 5) is 14.8. The van der Waals surface area contributed by atoms with Gasteiger partial charge in [0, 0.05) is 9.75 Å². The number of aromatic nitrogens is 4. The van der Waals surface area contributed by atoms with Gasteiger partial charge in [-0.05, 0) is 51.0 Å². The van der Waals surface area contributed by atoms with E-state index in [0.29, 0.717) is 11.7 Å². The third kappa shape index (κ3) is 5.08. The Balaban J connectivity index is 1.41. The van der Waals surface area contributed by atoms with Crippen LogP contribution in [0, 0.1) is 5.82 Å². The second kappa shape index (κ2) is 9.29. The first-order valence-electron chi connectivity index (χ1n) is 8.68. The average molecular weight is 446 g/mol. The number of nitrogens with one attached hydrogen (secondary N) is 1. The minimum atomic E-state index is -0.328. The summed E-state index contributed by atoms with van der Waals surface area (Å²) in [6.45, 7) is 0.571. The van der Waals surface area contributed by atoms with E-state index in [0.717, 1.165) is 15.3 Å². The van der Waals surface area contributed by atoms with Crippen molar-refractivity contribution in [2.45, 2.75) is 17.7 Å². The molecule has 0 spiro atoms. The van der Waals surface area contributed by atoms with Crippen LogP contribution in [0.1, 0.15) is 21.4 Å². The fourth-order valence-electron chi connectivity index (χ4n) is 2.71. The van der Waals surface area contributed by atoms with Crippen molar-refractivity contribution in [3.63, 3.8) is 0 Å². The molecular weight excluding hydrogens is 429 g/mol. The molecule has 0 aliphatic heterocycles. The highest BCUT2D eigenvalue weighted by atomic mass is 32.2. The van der Waals surface area contributed by atoms with Gasteiger partial charge in [0.05, 0.1) is 18.3 Å². The van der Waals surface area contributed by atoms with E-state index < -0.39 is 0 Å². The molecule has 0 bridgehead atoms. The molecule has 10 heteroatoms.